The summed E-state index contributed by atoms with van der Waals surface area (Å²) >= 11 is 0. The highest BCUT2D eigenvalue weighted by Gasteiger charge is 2.15. The number of ketones is 1. The van der Waals surface area contributed by atoms with Crippen LogP contribution in [0.4, 0.5) is 0 Å². The molecule has 0 atom stereocenters. The van der Waals surface area contributed by atoms with Crippen LogP contribution in [0.25, 0.3) is 6.08 Å². The summed E-state index contributed by atoms with van der Waals surface area (Å²) in [6.45, 7) is 0. The second-order valence-corrected chi connectivity index (χ2v) is 5.19. The maximum Gasteiger partial charge on any atom is 0.189 e. The zero-order valence-corrected chi connectivity index (χ0v) is 15.5. The Morgan fingerprint density at radius 1 is 0.808 bits per heavy atom. The number of carbonyl (C=O) groups is 1. The minimum atomic E-state index is -0.232. The van der Waals surface area contributed by atoms with E-state index in [1.54, 1.807) is 43.5 Å². The van der Waals surface area contributed by atoms with Crippen molar-refractivity contribution in [2.45, 2.75) is 0 Å². The molecule has 0 saturated carbocycles. The zero-order chi connectivity index (χ0) is 19.1. The summed E-state index contributed by atoms with van der Waals surface area (Å²) in [6, 6.07) is 8.61. The fraction of sp³-hybridized carbons (Fsp3) is 0.250. The summed E-state index contributed by atoms with van der Waals surface area (Å²) < 4.78 is 26.5. The third-order valence-corrected chi connectivity index (χ3v) is 3.80. The van der Waals surface area contributed by atoms with Crippen molar-refractivity contribution in [3.63, 3.8) is 0 Å². The minimum Gasteiger partial charge on any atom is -0.497 e. The molecular formula is C20H22O6. The van der Waals surface area contributed by atoms with Crippen molar-refractivity contribution in [3.8, 4) is 28.7 Å². The number of para-hydroxylation sites is 1. The number of hydrogen-bond acceptors (Lipinski definition) is 6. The van der Waals surface area contributed by atoms with Crippen molar-refractivity contribution >= 4 is 11.9 Å². The first-order chi connectivity index (χ1) is 12.6. The largest absolute Gasteiger partial charge is 0.497 e. The average molecular weight is 358 g/mol. The highest BCUT2D eigenvalue weighted by atomic mass is 16.5. The van der Waals surface area contributed by atoms with Crippen LogP contribution in [-0.4, -0.2) is 41.3 Å². The van der Waals surface area contributed by atoms with Gasteiger partial charge in [-0.15, -0.1) is 0 Å². The Labute approximate surface area is 152 Å². The maximum atomic E-state index is 12.6. The second kappa shape index (κ2) is 8.80. The average Bonchev–Trinajstić information content (AvgIpc) is 2.70. The highest BCUT2D eigenvalue weighted by molar-refractivity contribution is 6.09. The van der Waals surface area contributed by atoms with E-state index < -0.39 is 0 Å². The molecule has 0 spiro atoms. The fourth-order valence-corrected chi connectivity index (χ4v) is 2.55. The minimum absolute atomic E-state index is 0.232. The Hall–Kier alpha value is -3.15. The van der Waals surface area contributed by atoms with Crippen LogP contribution < -0.4 is 23.7 Å². The van der Waals surface area contributed by atoms with Gasteiger partial charge in [-0.2, -0.15) is 0 Å². The molecule has 6 nitrogen and oxygen atoms in total. The summed E-state index contributed by atoms with van der Waals surface area (Å²) in [5.41, 5.74) is 1.05. The molecule has 0 heterocycles. The van der Waals surface area contributed by atoms with Crippen LogP contribution in [0.15, 0.2) is 36.4 Å². The number of ether oxygens (including phenoxy) is 5. The molecular weight excluding hydrogens is 336 g/mol. The molecule has 0 saturated heterocycles. The molecule has 0 aliphatic rings. The summed E-state index contributed by atoms with van der Waals surface area (Å²) in [6.07, 6.45) is 3.08. The van der Waals surface area contributed by atoms with Gasteiger partial charge in [-0.1, -0.05) is 6.07 Å². The predicted molar refractivity (Wildman–Crippen MR) is 99.0 cm³/mol. The van der Waals surface area contributed by atoms with Gasteiger partial charge in [-0.05, 0) is 30.4 Å². The number of hydrogen-bond donors (Lipinski definition) is 0. The molecule has 6 heteroatoms. The first kappa shape index (κ1) is 19.2. The highest BCUT2D eigenvalue weighted by Crippen LogP contribution is 2.37. The molecule has 0 aliphatic heterocycles. The standard InChI is InChI=1S/C20H22O6/c1-22-14-11-13(19(25-4)18(12-14)24-3)9-10-16(21)15-7-6-8-17(23-2)20(15)26-5/h6-12H,1-5H3. The summed E-state index contributed by atoms with van der Waals surface area (Å²) in [7, 11) is 7.65. The topological polar surface area (TPSA) is 63.2 Å². The smallest absolute Gasteiger partial charge is 0.189 e. The van der Waals surface area contributed by atoms with E-state index in [0.29, 0.717) is 39.9 Å². The molecule has 26 heavy (non-hydrogen) atoms. The van der Waals surface area contributed by atoms with Gasteiger partial charge in [0.05, 0.1) is 41.1 Å². The Morgan fingerprint density at radius 2 is 1.50 bits per heavy atom. The molecule has 0 amide bonds. The molecule has 138 valence electrons. The molecule has 2 aromatic rings. The van der Waals surface area contributed by atoms with E-state index in [1.807, 2.05) is 0 Å². The Balaban J connectivity index is 2.43. The number of carbonyl (C=O) groups excluding carboxylic acids is 1. The summed E-state index contributed by atoms with van der Waals surface area (Å²) in [5.74, 6) is 2.26. The second-order valence-electron chi connectivity index (χ2n) is 5.19. The molecule has 0 radical (unpaired) electrons. The number of methoxy groups -OCH3 is 5. The van der Waals surface area contributed by atoms with Gasteiger partial charge < -0.3 is 23.7 Å². The van der Waals surface area contributed by atoms with Crippen LogP contribution in [0, 0.1) is 0 Å². The van der Waals surface area contributed by atoms with Crippen LogP contribution in [0.1, 0.15) is 15.9 Å². The first-order valence-electron chi connectivity index (χ1n) is 7.83. The Morgan fingerprint density at radius 3 is 2.08 bits per heavy atom. The summed E-state index contributed by atoms with van der Waals surface area (Å²) in [4.78, 5) is 12.6. The molecule has 2 rings (SSSR count). The summed E-state index contributed by atoms with van der Waals surface area (Å²) in [5, 5.41) is 0. The third-order valence-electron chi connectivity index (χ3n) is 3.80. The molecule has 0 aromatic heterocycles. The number of benzene rings is 2. The van der Waals surface area contributed by atoms with Gasteiger partial charge in [-0.3, -0.25) is 4.79 Å². The van der Waals surface area contributed by atoms with E-state index >= 15 is 0 Å². The monoisotopic (exact) mass is 358 g/mol. The first-order valence-corrected chi connectivity index (χ1v) is 7.83. The van der Waals surface area contributed by atoms with Gasteiger partial charge in [0, 0.05) is 11.6 Å². The number of rotatable bonds is 8. The van der Waals surface area contributed by atoms with Crippen LogP contribution in [-0.2, 0) is 0 Å². The third kappa shape index (κ3) is 3.91. The van der Waals surface area contributed by atoms with Crippen LogP contribution in [0.3, 0.4) is 0 Å². The maximum absolute atomic E-state index is 12.6. The van der Waals surface area contributed by atoms with Crippen LogP contribution in [0.5, 0.6) is 28.7 Å². The van der Waals surface area contributed by atoms with Gasteiger partial charge in [0.25, 0.3) is 0 Å². The van der Waals surface area contributed by atoms with E-state index in [4.69, 9.17) is 23.7 Å². The van der Waals surface area contributed by atoms with Crippen molar-refractivity contribution in [3.05, 3.63) is 47.5 Å². The van der Waals surface area contributed by atoms with E-state index in [2.05, 4.69) is 0 Å². The fourth-order valence-electron chi connectivity index (χ4n) is 2.55. The Kier molecular flexibility index (Phi) is 6.49. The van der Waals surface area contributed by atoms with Crippen molar-refractivity contribution in [1.82, 2.24) is 0 Å². The lowest BCUT2D eigenvalue weighted by molar-refractivity contribution is 0.104. The van der Waals surface area contributed by atoms with Gasteiger partial charge in [0.1, 0.15) is 5.75 Å². The van der Waals surface area contributed by atoms with Crippen molar-refractivity contribution in [1.29, 1.82) is 0 Å². The predicted octanol–water partition coefficient (Wildman–Crippen LogP) is 3.63. The number of allylic oxidation sites excluding steroid dienone is 1. The molecule has 2 aromatic carbocycles. The normalized spacial score (nSPS) is 10.5. The van der Waals surface area contributed by atoms with Gasteiger partial charge in [-0.25, -0.2) is 0 Å². The molecule has 0 bridgehead atoms. The van der Waals surface area contributed by atoms with Gasteiger partial charge >= 0.3 is 0 Å². The van der Waals surface area contributed by atoms with E-state index in [1.165, 1.54) is 34.5 Å². The van der Waals surface area contributed by atoms with E-state index in [9.17, 15) is 4.79 Å². The Bertz CT molecular complexity index is 810. The van der Waals surface area contributed by atoms with Crippen molar-refractivity contribution < 1.29 is 28.5 Å². The van der Waals surface area contributed by atoms with Crippen molar-refractivity contribution in [2.24, 2.45) is 0 Å². The quantitative estimate of drug-likeness (QED) is 0.530. The lowest BCUT2D eigenvalue weighted by atomic mass is 10.1. The van der Waals surface area contributed by atoms with Crippen LogP contribution in [0.2, 0.25) is 0 Å². The molecule has 0 N–H and O–H groups in total. The zero-order valence-electron chi connectivity index (χ0n) is 15.5. The lowest BCUT2D eigenvalue weighted by Crippen LogP contribution is -2.01. The van der Waals surface area contributed by atoms with Gasteiger partial charge in [0.2, 0.25) is 0 Å². The van der Waals surface area contributed by atoms with Crippen LogP contribution >= 0.6 is 0 Å². The SMILES string of the molecule is COc1cc(C=CC(=O)c2cccc(OC)c2OC)c(OC)c(OC)c1. The molecule has 0 fully saturated rings. The lowest BCUT2D eigenvalue weighted by Gasteiger charge is -2.13. The molecule has 0 unspecified atom stereocenters. The van der Waals surface area contributed by atoms with E-state index in [0.717, 1.165) is 0 Å². The van der Waals surface area contributed by atoms with Crippen molar-refractivity contribution in [2.75, 3.05) is 35.5 Å². The molecule has 0 aliphatic carbocycles. The van der Waals surface area contributed by atoms with Gasteiger partial charge in [0.15, 0.2) is 28.8 Å². The van der Waals surface area contributed by atoms with E-state index in [-0.39, 0.29) is 5.78 Å².